The molecule has 0 N–H and O–H groups in total. The van der Waals surface area contributed by atoms with Crippen molar-refractivity contribution in [3.8, 4) is 0 Å². The average Bonchev–Trinajstić information content (AvgIpc) is 1.68. The maximum Gasteiger partial charge on any atom is 0.272 e. The van der Waals surface area contributed by atoms with Gasteiger partial charge >= 0.3 is 0 Å². The van der Waals surface area contributed by atoms with Gasteiger partial charge in [-0.1, -0.05) is 0 Å². The summed E-state index contributed by atoms with van der Waals surface area (Å²) in [6.07, 6.45) is 0. The number of halogens is 3. The summed E-state index contributed by atoms with van der Waals surface area (Å²) < 4.78 is 35.5. The van der Waals surface area contributed by atoms with Crippen molar-refractivity contribution < 1.29 is 17.9 Å². The van der Waals surface area contributed by atoms with Gasteiger partial charge in [0.25, 0.3) is 12.0 Å². The molecule has 0 atom stereocenters. The Morgan fingerprint density at radius 2 is 1.33 bits per heavy atom. The molecule has 0 aliphatic heterocycles. The first-order valence-electron chi connectivity index (χ1n) is 1.87. The van der Waals surface area contributed by atoms with Crippen LogP contribution in [0.15, 0.2) is 25.2 Å². The highest BCUT2D eigenvalue weighted by molar-refractivity contribution is 4.74. The zero-order chi connectivity index (χ0) is 7.86. The molecule has 9 heavy (non-hydrogen) atoms. The number of hydrogen-bond donors (Lipinski definition) is 0. The van der Waals surface area contributed by atoms with E-state index in [-0.39, 0.29) is 0 Å². The third-order valence-corrected chi connectivity index (χ3v) is 0.221. The van der Waals surface area contributed by atoms with Crippen LogP contribution in [0.2, 0.25) is 0 Å². The molecule has 0 bridgehead atoms. The van der Waals surface area contributed by atoms with E-state index >= 15 is 0 Å². The largest absolute Gasteiger partial charge is 0.405 e. The Morgan fingerprint density at radius 1 is 1.11 bits per heavy atom. The lowest BCUT2D eigenvalue weighted by molar-refractivity contribution is 0.158. The van der Waals surface area contributed by atoms with Crippen molar-refractivity contribution in [3.05, 3.63) is 25.2 Å². The van der Waals surface area contributed by atoms with E-state index in [1.54, 1.807) is 0 Å². The molecule has 0 unspecified atom stereocenters. The number of hydrogen-bond acceptors (Lipinski definition) is 1. The topological polar surface area (TPSA) is 9.23 Å². The van der Waals surface area contributed by atoms with E-state index in [0.29, 0.717) is 7.18 Å². The predicted molar refractivity (Wildman–Crippen MR) is 28.6 cm³/mol. The standard InChI is InChI=1S/C4H4F2O.CH3F/c1-3(5)7-4(2)6;1-2/h1-2H2;1H3. The second-order valence-corrected chi connectivity index (χ2v) is 0.812. The highest BCUT2D eigenvalue weighted by Gasteiger charge is 1.89. The van der Waals surface area contributed by atoms with E-state index in [1.165, 1.54) is 0 Å². The fraction of sp³-hybridized carbons (Fsp3) is 0.200. The first kappa shape index (κ1) is 10.9. The molecule has 0 radical (unpaired) electrons. The molecule has 0 rings (SSSR count). The molecule has 0 aromatic heterocycles. The number of ether oxygens (including phenoxy) is 1. The lowest BCUT2D eigenvalue weighted by atomic mass is 11.0. The summed E-state index contributed by atoms with van der Waals surface area (Å²) >= 11 is 0. The molecule has 0 saturated carbocycles. The normalized spacial score (nSPS) is 6.67. The highest BCUT2D eigenvalue weighted by atomic mass is 19.2. The van der Waals surface area contributed by atoms with Crippen molar-refractivity contribution in [2.75, 3.05) is 7.18 Å². The molecule has 0 fully saturated rings. The Balaban J connectivity index is 0. The van der Waals surface area contributed by atoms with Crippen LogP contribution in [0.1, 0.15) is 0 Å². The second-order valence-electron chi connectivity index (χ2n) is 0.812. The molecule has 0 aromatic carbocycles. The fourth-order valence-corrected chi connectivity index (χ4v) is 0.120. The second kappa shape index (κ2) is 7.07. The van der Waals surface area contributed by atoms with E-state index in [1.807, 2.05) is 0 Å². The van der Waals surface area contributed by atoms with Gasteiger partial charge in [0.05, 0.1) is 7.18 Å². The van der Waals surface area contributed by atoms with Crippen LogP contribution >= 0.6 is 0 Å². The van der Waals surface area contributed by atoms with E-state index in [2.05, 4.69) is 17.9 Å². The fourth-order valence-electron chi connectivity index (χ4n) is 0.120. The molecule has 0 saturated heterocycles. The van der Waals surface area contributed by atoms with Gasteiger partial charge < -0.3 is 4.74 Å². The van der Waals surface area contributed by atoms with E-state index in [4.69, 9.17) is 0 Å². The summed E-state index contributed by atoms with van der Waals surface area (Å²) in [5.74, 6) is 0. The Hall–Kier alpha value is -0.930. The average molecular weight is 140 g/mol. The molecule has 0 aliphatic carbocycles. The summed E-state index contributed by atoms with van der Waals surface area (Å²) in [6, 6.07) is -2.38. The van der Waals surface area contributed by atoms with Crippen LogP contribution in [0.5, 0.6) is 0 Å². The molecule has 0 spiro atoms. The summed E-state index contributed by atoms with van der Waals surface area (Å²) in [7, 11) is 0.500. The van der Waals surface area contributed by atoms with E-state index < -0.39 is 12.0 Å². The van der Waals surface area contributed by atoms with Gasteiger partial charge in [0, 0.05) is 0 Å². The van der Waals surface area contributed by atoms with Gasteiger partial charge in [0.15, 0.2) is 0 Å². The minimum absolute atomic E-state index is 0.500. The van der Waals surface area contributed by atoms with Crippen molar-refractivity contribution in [3.63, 3.8) is 0 Å². The maximum atomic E-state index is 11.2. The van der Waals surface area contributed by atoms with Gasteiger partial charge in [-0.3, -0.25) is 4.39 Å². The molecule has 4 heteroatoms. The predicted octanol–water partition coefficient (Wildman–Crippen LogP) is 2.47. The Kier molecular flexibility index (Phi) is 8.60. The first-order valence-corrected chi connectivity index (χ1v) is 1.87. The highest BCUT2D eigenvalue weighted by Crippen LogP contribution is 2.02. The smallest absolute Gasteiger partial charge is 0.272 e. The van der Waals surface area contributed by atoms with Crippen LogP contribution in [0.3, 0.4) is 0 Å². The molecule has 1 nitrogen and oxygen atoms in total. The van der Waals surface area contributed by atoms with Crippen LogP contribution < -0.4 is 0 Å². The van der Waals surface area contributed by atoms with Crippen molar-refractivity contribution in [1.82, 2.24) is 0 Å². The zero-order valence-corrected chi connectivity index (χ0v) is 4.96. The minimum Gasteiger partial charge on any atom is -0.405 e. The molecule has 0 aliphatic rings. The van der Waals surface area contributed by atoms with Gasteiger partial charge in [-0.2, -0.15) is 8.78 Å². The lowest BCUT2D eigenvalue weighted by Crippen LogP contribution is -1.75. The first-order chi connectivity index (χ1) is 4.13. The lowest BCUT2D eigenvalue weighted by Gasteiger charge is -1.90. The Morgan fingerprint density at radius 3 is 1.33 bits per heavy atom. The van der Waals surface area contributed by atoms with Crippen molar-refractivity contribution in [2.45, 2.75) is 0 Å². The van der Waals surface area contributed by atoms with Crippen molar-refractivity contribution in [1.29, 1.82) is 0 Å². The third-order valence-electron chi connectivity index (χ3n) is 0.221. The van der Waals surface area contributed by atoms with E-state index in [9.17, 15) is 13.2 Å². The monoisotopic (exact) mass is 140 g/mol. The Bertz CT molecular complexity index is 88.4. The van der Waals surface area contributed by atoms with E-state index in [0.717, 1.165) is 0 Å². The summed E-state index contributed by atoms with van der Waals surface area (Å²) in [5, 5.41) is 0. The molecule has 0 amide bonds. The number of rotatable bonds is 2. The molecule has 0 aromatic rings. The van der Waals surface area contributed by atoms with Gasteiger partial charge in [-0.25, -0.2) is 0 Å². The summed E-state index contributed by atoms with van der Waals surface area (Å²) in [6.45, 7) is 5.21. The van der Waals surface area contributed by atoms with Crippen LogP contribution in [-0.4, -0.2) is 7.18 Å². The maximum absolute atomic E-state index is 11.2. The third kappa shape index (κ3) is 19.3. The van der Waals surface area contributed by atoms with Crippen LogP contribution in [-0.2, 0) is 4.74 Å². The van der Waals surface area contributed by atoms with Gasteiger partial charge in [0.1, 0.15) is 0 Å². The number of alkyl halides is 1. The van der Waals surface area contributed by atoms with Crippen molar-refractivity contribution in [2.24, 2.45) is 0 Å². The summed E-state index contributed by atoms with van der Waals surface area (Å²) in [4.78, 5) is 0. The summed E-state index contributed by atoms with van der Waals surface area (Å²) in [5.41, 5.74) is 0. The van der Waals surface area contributed by atoms with Crippen LogP contribution in [0, 0.1) is 0 Å². The van der Waals surface area contributed by atoms with Gasteiger partial charge in [-0.05, 0) is 13.2 Å². The van der Waals surface area contributed by atoms with Crippen LogP contribution in [0.25, 0.3) is 0 Å². The Labute approximate surface area is 51.4 Å². The molecule has 54 valence electrons. The zero-order valence-electron chi connectivity index (χ0n) is 4.96. The minimum atomic E-state index is -1.19. The quantitative estimate of drug-likeness (QED) is 0.535. The SMILES string of the molecule is C=C(F)OC(=C)F.CF. The molecular formula is C5H7F3O. The van der Waals surface area contributed by atoms with Gasteiger partial charge in [0.2, 0.25) is 0 Å². The van der Waals surface area contributed by atoms with Gasteiger partial charge in [-0.15, -0.1) is 0 Å². The molecule has 0 heterocycles. The van der Waals surface area contributed by atoms with Crippen molar-refractivity contribution >= 4 is 0 Å². The van der Waals surface area contributed by atoms with Crippen LogP contribution in [0.4, 0.5) is 13.2 Å². The molecular weight excluding hydrogens is 133 g/mol.